The predicted octanol–water partition coefficient (Wildman–Crippen LogP) is 4.92. The van der Waals surface area contributed by atoms with Gasteiger partial charge in [-0.05, 0) is 55.5 Å². The standard InChI is InChI=1S/C24H32N2O3/c1-7-16(2)25-23(28)20-10-8-9-11-21(20)26-22(27)17(3)29-19-14-12-18(13-15-19)24(4,5)6/h8-17H,7H2,1-6H3,(H,25,28)(H,26,27)/t16-,17+/m0/s1. The topological polar surface area (TPSA) is 67.4 Å². The highest BCUT2D eigenvalue weighted by molar-refractivity contribution is 6.04. The summed E-state index contributed by atoms with van der Waals surface area (Å²) in [5.74, 6) is 0.110. The zero-order valence-electron chi connectivity index (χ0n) is 18.2. The number of hydrogen-bond acceptors (Lipinski definition) is 3. The number of rotatable bonds is 7. The second-order valence-corrected chi connectivity index (χ2v) is 8.35. The van der Waals surface area contributed by atoms with Crippen molar-refractivity contribution in [2.75, 3.05) is 5.32 Å². The number of benzene rings is 2. The number of nitrogens with one attached hydrogen (secondary N) is 2. The third kappa shape index (κ3) is 6.34. The molecule has 29 heavy (non-hydrogen) atoms. The average Bonchev–Trinajstić information content (AvgIpc) is 2.67. The fourth-order valence-corrected chi connectivity index (χ4v) is 2.72. The molecule has 2 N–H and O–H groups in total. The van der Waals surface area contributed by atoms with E-state index in [1.54, 1.807) is 31.2 Å². The Hall–Kier alpha value is -2.82. The molecule has 0 aromatic heterocycles. The molecule has 0 saturated carbocycles. The van der Waals surface area contributed by atoms with Gasteiger partial charge in [-0.15, -0.1) is 0 Å². The maximum atomic E-state index is 12.6. The number of carbonyl (C=O) groups excluding carboxylic acids is 2. The van der Waals surface area contributed by atoms with Crippen LogP contribution in [0.25, 0.3) is 0 Å². The van der Waals surface area contributed by atoms with Crippen LogP contribution in [0.5, 0.6) is 5.75 Å². The Morgan fingerprint density at radius 1 is 1.00 bits per heavy atom. The molecule has 0 unspecified atom stereocenters. The van der Waals surface area contributed by atoms with Gasteiger partial charge in [0.2, 0.25) is 0 Å². The van der Waals surface area contributed by atoms with Crippen molar-refractivity contribution in [3.8, 4) is 5.75 Å². The molecule has 0 heterocycles. The lowest BCUT2D eigenvalue weighted by atomic mass is 9.87. The van der Waals surface area contributed by atoms with Gasteiger partial charge in [0.15, 0.2) is 6.10 Å². The Morgan fingerprint density at radius 3 is 2.21 bits per heavy atom. The van der Waals surface area contributed by atoms with Gasteiger partial charge in [-0.1, -0.05) is 52.0 Å². The van der Waals surface area contributed by atoms with Crippen molar-refractivity contribution in [2.24, 2.45) is 0 Å². The summed E-state index contributed by atoms with van der Waals surface area (Å²) < 4.78 is 5.79. The van der Waals surface area contributed by atoms with Crippen LogP contribution in [0.3, 0.4) is 0 Å². The van der Waals surface area contributed by atoms with E-state index in [1.165, 1.54) is 5.56 Å². The van der Waals surface area contributed by atoms with Gasteiger partial charge >= 0.3 is 0 Å². The first-order valence-corrected chi connectivity index (χ1v) is 10.1. The number of ether oxygens (including phenoxy) is 1. The molecule has 2 rings (SSSR count). The molecular formula is C24H32N2O3. The quantitative estimate of drug-likeness (QED) is 0.698. The summed E-state index contributed by atoms with van der Waals surface area (Å²) in [6, 6.07) is 14.8. The molecule has 5 nitrogen and oxygen atoms in total. The van der Waals surface area contributed by atoms with E-state index in [0.717, 1.165) is 6.42 Å². The minimum Gasteiger partial charge on any atom is -0.481 e. The lowest BCUT2D eigenvalue weighted by Gasteiger charge is -2.20. The number of hydrogen-bond donors (Lipinski definition) is 2. The molecule has 2 atom stereocenters. The molecule has 0 aliphatic heterocycles. The highest BCUT2D eigenvalue weighted by Gasteiger charge is 2.19. The van der Waals surface area contributed by atoms with E-state index >= 15 is 0 Å². The van der Waals surface area contributed by atoms with Gasteiger partial charge in [-0.25, -0.2) is 0 Å². The maximum Gasteiger partial charge on any atom is 0.265 e. The highest BCUT2D eigenvalue weighted by atomic mass is 16.5. The molecule has 0 bridgehead atoms. The molecule has 156 valence electrons. The Balaban J connectivity index is 2.05. The molecule has 0 saturated heterocycles. The van der Waals surface area contributed by atoms with Crippen LogP contribution >= 0.6 is 0 Å². The summed E-state index contributed by atoms with van der Waals surface area (Å²) in [4.78, 5) is 25.1. The third-order valence-electron chi connectivity index (χ3n) is 4.82. The van der Waals surface area contributed by atoms with Crippen LogP contribution in [0.2, 0.25) is 0 Å². The van der Waals surface area contributed by atoms with Crippen molar-refractivity contribution in [1.82, 2.24) is 5.32 Å². The molecule has 0 aliphatic rings. The lowest BCUT2D eigenvalue weighted by molar-refractivity contribution is -0.122. The van der Waals surface area contributed by atoms with Crippen molar-refractivity contribution in [3.63, 3.8) is 0 Å². The Labute approximate surface area is 173 Å². The second kappa shape index (κ2) is 9.59. The van der Waals surface area contributed by atoms with Crippen molar-refractivity contribution in [2.45, 2.75) is 65.5 Å². The normalized spacial score (nSPS) is 13.3. The molecule has 2 aromatic rings. The Morgan fingerprint density at radius 2 is 1.62 bits per heavy atom. The fraction of sp³-hybridized carbons (Fsp3) is 0.417. The zero-order valence-corrected chi connectivity index (χ0v) is 18.2. The summed E-state index contributed by atoms with van der Waals surface area (Å²) in [7, 11) is 0. The van der Waals surface area contributed by atoms with E-state index in [2.05, 4.69) is 31.4 Å². The minimum atomic E-state index is -0.707. The third-order valence-corrected chi connectivity index (χ3v) is 4.82. The van der Waals surface area contributed by atoms with Crippen LogP contribution in [-0.2, 0) is 10.2 Å². The molecule has 0 radical (unpaired) electrons. The summed E-state index contributed by atoms with van der Waals surface area (Å²) in [6.45, 7) is 12.1. The molecule has 5 heteroatoms. The summed E-state index contributed by atoms with van der Waals surface area (Å²) in [5.41, 5.74) is 2.16. The Kier molecular flexibility index (Phi) is 7.43. The van der Waals surface area contributed by atoms with Crippen LogP contribution < -0.4 is 15.4 Å². The number of carbonyl (C=O) groups is 2. The van der Waals surface area contributed by atoms with Crippen LogP contribution in [0.15, 0.2) is 48.5 Å². The van der Waals surface area contributed by atoms with Crippen LogP contribution in [0.1, 0.15) is 63.9 Å². The van der Waals surface area contributed by atoms with Crippen molar-refractivity contribution >= 4 is 17.5 Å². The average molecular weight is 397 g/mol. The van der Waals surface area contributed by atoms with E-state index in [-0.39, 0.29) is 23.3 Å². The van der Waals surface area contributed by atoms with Gasteiger partial charge in [-0.3, -0.25) is 9.59 Å². The Bertz CT molecular complexity index is 838. The highest BCUT2D eigenvalue weighted by Crippen LogP contribution is 2.25. The fourth-order valence-electron chi connectivity index (χ4n) is 2.72. The second-order valence-electron chi connectivity index (χ2n) is 8.35. The van der Waals surface area contributed by atoms with Gasteiger partial charge in [-0.2, -0.15) is 0 Å². The summed E-state index contributed by atoms with van der Waals surface area (Å²) in [6.07, 6.45) is 0.125. The molecule has 0 spiro atoms. The molecule has 0 aliphatic carbocycles. The SMILES string of the molecule is CC[C@H](C)NC(=O)c1ccccc1NC(=O)[C@@H](C)Oc1ccc(C(C)(C)C)cc1. The van der Waals surface area contributed by atoms with E-state index in [0.29, 0.717) is 17.0 Å². The smallest absolute Gasteiger partial charge is 0.265 e. The number of para-hydroxylation sites is 1. The predicted molar refractivity (Wildman–Crippen MR) is 118 cm³/mol. The van der Waals surface area contributed by atoms with Crippen LogP contribution in [0.4, 0.5) is 5.69 Å². The summed E-state index contributed by atoms with van der Waals surface area (Å²) in [5, 5.41) is 5.74. The van der Waals surface area contributed by atoms with Crippen LogP contribution in [0, 0.1) is 0 Å². The van der Waals surface area contributed by atoms with Gasteiger partial charge in [0.1, 0.15) is 5.75 Å². The lowest BCUT2D eigenvalue weighted by Crippen LogP contribution is -2.34. The van der Waals surface area contributed by atoms with E-state index in [4.69, 9.17) is 4.74 Å². The molecule has 0 fully saturated rings. The first kappa shape index (κ1) is 22.5. The van der Waals surface area contributed by atoms with Crippen molar-refractivity contribution in [1.29, 1.82) is 0 Å². The van der Waals surface area contributed by atoms with Crippen molar-refractivity contribution in [3.05, 3.63) is 59.7 Å². The largest absolute Gasteiger partial charge is 0.481 e. The number of anilines is 1. The van der Waals surface area contributed by atoms with Gasteiger partial charge in [0.05, 0.1) is 11.3 Å². The van der Waals surface area contributed by atoms with Gasteiger partial charge < -0.3 is 15.4 Å². The summed E-state index contributed by atoms with van der Waals surface area (Å²) >= 11 is 0. The van der Waals surface area contributed by atoms with Gasteiger partial charge in [0, 0.05) is 6.04 Å². The van der Waals surface area contributed by atoms with Crippen molar-refractivity contribution < 1.29 is 14.3 Å². The van der Waals surface area contributed by atoms with E-state index in [1.807, 2.05) is 38.1 Å². The van der Waals surface area contributed by atoms with Gasteiger partial charge in [0.25, 0.3) is 11.8 Å². The minimum absolute atomic E-state index is 0.0566. The number of amides is 2. The van der Waals surface area contributed by atoms with Crippen LogP contribution in [-0.4, -0.2) is 24.0 Å². The molecular weight excluding hydrogens is 364 g/mol. The zero-order chi connectivity index (χ0) is 21.6. The van der Waals surface area contributed by atoms with E-state index in [9.17, 15) is 9.59 Å². The monoisotopic (exact) mass is 396 g/mol. The molecule has 2 aromatic carbocycles. The first-order valence-electron chi connectivity index (χ1n) is 10.1. The first-order chi connectivity index (χ1) is 13.6. The maximum absolute atomic E-state index is 12.6. The molecule has 2 amide bonds. The van der Waals surface area contributed by atoms with E-state index < -0.39 is 6.10 Å².